The molecule has 0 amide bonds. The first kappa shape index (κ1) is 95.5. The van der Waals surface area contributed by atoms with E-state index in [2.05, 4.69) is 72.8 Å². The standard InChI is InChI=1S/C79H150O17P2/c1-8-11-12-13-14-15-16-17-18-23-29-34-39-48-55-62-78(83)95-74(66-89-76(81)60-53-46-38-33-28-22-20-19-21-27-32-37-44-51-58-71(6)9-2)68-93-97(85,86)91-64-73(80)65-92-98(87,88)94-69-75(67-90-77(82)61-54-47-42-41-45-52-59-72(7)10-3)96-79(84)63-56-49-40-35-30-25-24-26-31-36-43-50-57-70(4)5/h15-18,70-75,80H,8-14,19-69H2,1-7H3,(H,85,86)(H,87,88)/b16-15-,18-17-/t71?,72?,73-,74-,75-/m1/s1. The summed E-state index contributed by atoms with van der Waals surface area (Å²) in [6.45, 7) is 11.9. The van der Waals surface area contributed by atoms with Crippen molar-refractivity contribution in [2.45, 2.75) is 401 Å². The lowest BCUT2D eigenvalue weighted by molar-refractivity contribution is -0.161. The number of unbranched alkanes of at least 4 members (excludes halogenated alkanes) is 38. The van der Waals surface area contributed by atoms with Gasteiger partial charge in [0.05, 0.1) is 26.4 Å². The van der Waals surface area contributed by atoms with Crippen molar-refractivity contribution >= 4 is 39.5 Å². The number of allylic oxidation sites excluding steroid dienone is 4. The first-order chi connectivity index (χ1) is 47.3. The molecular weight excluding hydrogens is 1280 g/mol. The maximum absolute atomic E-state index is 13.1. The molecule has 0 radical (unpaired) electrons. The molecule has 3 N–H and O–H groups in total. The maximum Gasteiger partial charge on any atom is 0.472 e. The number of aliphatic hydroxyl groups excluding tert-OH is 1. The molecule has 98 heavy (non-hydrogen) atoms. The van der Waals surface area contributed by atoms with E-state index in [0.29, 0.717) is 25.7 Å². The second-order valence-electron chi connectivity index (χ2n) is 28.7. The number of esters is 4. The fourth-order valence-corrected chi connectivity index (χ4v) is 13.1. The predicted octanol–water partition coefficient (Wildman–Crippen LogP) is 22.9. The minimum Gasteiger partial charge on any atom is -0.462 e. The molecule has 4 unspecified atom stereocenters. The topological polar surface area (TPSA) is 237 Å². The lowest BCUT2D eigenvalue weighted by atomic mass is 9.99. The average molecular weight is 1430 g/mol. The van der Waals surface area contributed by atoms with Gasteiger partial charge in [-0.05, 0) is 69.1 Å². The van der Waals surface area contributed by atoms with Gasteiger partial charge in [0.2, 0.25) is 0 Å². The highest BCUT2D eigenvalue weighted by molar-refractivity contribution is 7.47. The molecule has 17 nitrogen and oxygen atoms in total. The zero-order valence-electron chi connectivity index (χ0n) is 63.7. The van der Waals surface area contributed by atoms with E-state index >= 15 is 0 Å². The van der Waals surface area contributed by atoms with Gasteiger partial charge in [0.25, 0.3) is 0 Å². The Bertz CT molecular complexity index is 2000. The molecule has 0 spiro atoms. The van der Waals surface area contributed by atoms with Gasteiger partial charge in [-0.1, -0.05) is 330 Å². The van der Waals surface area contributed by atoms with Gasteiger partial charge in [-0.3, -0.25) is 37.3 Å². The molecule has 0 bridgehead atoms. The molecule has 19 heteroatoms. The highest BCUT2D eigenvalue weighted by atomic mass is 31.2. The van der Waals surface area contributed by atoms with Crippen LogP contribution < -0.4 is 0 Å². The highest BCUT2D eigenvalue weighted by Crippen LogP contribution is 2.45. The summed E-state index contributed by atoms with van der Waals surface area (Å²) >= 11 is 0. The van der Waals surface area contributed by atoms with Crippen molar-refractivity contribution in [1.82, 2.24) is 0 Å². The highest BCUT2D eigenvalue weighted by Gasteiger charge is 2.30. The van der Waals surface area contributed by atoms with Crippen molar-refractivity contribution in [3.63, 3.8) is 0 Å². The van der Waals surface area contributed by atoms with Crippen molar-refractivity contribution in [3.8, 4) is 0 Å². The number of hydrogen-bond donors (Lipinski definition) is 3. The van der Waals surface area contributed by atoms with Crippen molar-refractivity contribution in [2.75, 3.05) is 39.6 Å². The number of hydrogen-bond acceptors (Lipinski definition) is 15. The van der Waals surface area contributed by atoms with Gasteiger partial charge in [-0.15, -0.1) is 0 Å². The number of ether oxygens (including phenoxy) is 4. The molecule has 0 aliphatic heterocycles. The second-order valence-corrected chi connectivity index (χ2v) is 31.6. The van der Waals surface area contributed by atoms with Gasteiger partial charge < -0.3 is 33.8 Å². The molecule has 0 heterocycles. The number of phosphoric ester groups is 2. The molecule has 578 valence electrons. The first-order valence-corrected chi connectivity index (χ1v) is 43.2. The Hall–Kier alpha value is -2.46. The summed E-state index contributed by atoms with van der Waals surface area (Å²) < 4.78 is 68.6. The quantitative estimate of drug-likeness (QED) is 0.0169. The number of carbonyl (C=O) groups is 4. The zero-order valence-corrected chi connectivity index (χ0v) is 65.5. The fourth-order valence-electron chi connectivity index (χ4n) is 11.5. The molecule has 0 aromatic heterocycles. The Morgan fingerprint density at radius 1 is 0.337 bits per heavy atom. The Balaban J connectivity index is 5.28. The predicted molar refractivity (Wildman–Crippen MR) is 400 cm³/mol. The molecule has 0 saturated carbocycles. The van der Waals surface area contributed by atoms with Crippen molar-refractivity contribution in [2.24, 2.45) is 17.8 Å². The molecule has 0 aromatic carbocycles. The van der Waals surface area contributed by atoms with Crippen LogP contribution in [0.5, 0.6) is 0 Å². The van der Waals surface area contributed by atoms with Crippen LogP contribution in [0.2, 0.25) is 0 Å². The van der Waals surface area contributed by atoms with E-state index in [1.807, 2.05) is 0 Å². The summed E-state index contributed by atoms with van der Waals surface area (Å²) in [5, 5.41) is 10.6. The van der Waals surface area contributed by atoms with Crippen molar-refractivity contribution < 1.29 is 80.2 Å². The van der Waals surface area contributed by atoms with Crippen LogP contribution in [0.1, 0.15) is 382 Å². The molecule has 0 rings (SSSR count). The lowest BCUT2D eigenvalue weighted by Crippen LogP contribution is -2.30. The lowest BCUT2D eigenvalue weighted by Gasteiger charge is -2.21. The third kappa shape index (κ3) is 69.3. The number of rotatable bonds is 75. The van der Waals surface area contributed by atoms with Crippen LogP contribution >= 0.6 is 15.6 Å². The van der Waals surface area contributed by atoms with Gasteiger partial charge in [-0.25, -0.2) is 9.13 Å². The Kier molecular flexibility index (Phi) is 67.2. The number of aliphatic hydroxyl groups is 1. The van der Waals surface area contributed by atoms with Crippen LogP contribution in [0.3, 0.4) is 0 Å². The summed E-state index contributed by atoms with van der Waals surface area (Å²) in [5.41, 5.74) is 0. The smallest absolute Gasteiger partial charge is 0.462 e. The van der Waals surface area contributed by atoms with Crippen LogP contribution in [0.4, 0.5) is 0 Å². The first-order valence-electron chi connectivity index (χ1n) is 40.2. The zero-order chi connectivity index (χ0) is 72.3. The van der Waals surface area contributed by atoms with E-state index in [0.717, 1.165) is 127 Å². The normalized spacial score (nSPS) is 14.7. The number of carbonyl (C=O) groups excluding carboxylic acids is 4. The maximum atomic E-state index is 13.1. The molecule has 7 atom stereocenters. The van der Waals surface area contributed by atoms with Gasteiger partial charge >= 0.3 is 39.5 Å². The van der Waals surface area contributed by atoms with Crippen LogP contribution in [-0.2, 0) is 65.4 Å². The van der Waals surface area contributed by atoms with E-state index in [9.17, 15) is 43.2 Å². The SMILES string of the molecule is CCCCCC/C=C\C=C/CCCCCCCC(=O)O[C@H](COC(=O)CCCCCCCCCCCCCCCCC(C)CC)COP(=O)(O)OC[C@@H](O)COP(=O)(O)OC[C@@H](COC(=O)CCCCCCCCC(C)CC)OC(=O)CCCCCCCCCCCCCCC(C)C. The second kappa shape index (κ2) is 68.9. The molecule has 0 aliphatic rings. The number of phosphoric acid groups is 2. The minimum absolute atomic E-state index is 0.0850. The third-order valence-corrected chi connectivity index (χ3v) is 20.4. The molecule has 0 aromatic rings. The van der Waals surface area contributed by atoms with E-state index in [1.165, 1.54) is 173 Å². The van der Waals surface area contributed by atoms with E-state index < -0.39 is 97.5 Å². The monoisotopic (exact) mass is 1430 g/mol. The van der Waals surface area contributed by atoms with Crippen LogP contribution in [0.25, 0.3) is 0 Å². The van der Waals surface area contributed by atoms with Gasteiger partial charge in [-0.2, -0.15) is 0 Å². The Labute approximate surface area is 599 Å². The minimum atomic E-state index is -4.97. The van der Waals surface area contributed by atoms with Crippen LogP contribution in [-0.4, -0.2) is 96.7 Å². The summed E-state index contributed by atoms with van der Waals surface area (Å²) in [4.78, 5) is 72.9. The molecular formula is C79H150O17P2. The van der Waals surface area contributed by atoms with Gasteiger partial charge in [0.1, 0.15) is 19.3 Å². The van der Waals surface area contributed by atoms with Gasteiger partial charge in [0.15, 0.2) is 12.2 Å². The molecule has 0 saturated heterocycles. The van der Waals surface area contributed by atoms with Crippen LogP contribution in [0, 0.1) is 17.8 Å². The molecule has 0 aliphatic carbocycles. The van der Waals surface area contributed by atoms with Crippen molar-refractivity contribution in [1.29, 1.82) is 0 Å². The average Bonchev–Trinajstić information content (AvgIpc) is 1.01. The fraction of sp³-hybridized carbons (Fsp3) is 0.899. The molecule has 0 fully saturated rings. The van der Waals surface area contributed by atoms with E-state index in [1.54, 1.807) is 0 Å². The largest absolute Gasteiger partial charge is 0.472 e. The van der Waals surface area contributed by atoms with Crippen LogP contribution in [0.15, 0.2) is 24.3 Å². The van der Waals surface area contributed by atoms with Crippen molar-refractivity contribution in [3.05, 3.63) is 24.3 Å². The van der Waals surface area contributed by atoms with E-state index in [-0.39, 0.29) is 25.7 Å². The summed E-state index contributed by atoms with van der Waals surface area (Å²) in [5.74, 6) is 0.207. The summed E-state index contributed by atoms with van der Waals surface area (Å²) in [7, 11) is -9.93. The third-order valence-electron chi connectivity index (χ3n) is 18.5. The Morgan fingerprint density at radius 2 is 0.602 bits per heavy atom. The van der Waals surface area contributed by atoms with Gasteiger partial charge in [0, 0.05) is 25.7 Å². The Morgan fingerprint density at radius 3 is 0.908 bits per heavy atom. The summed E-state index contributed by atoms with van der Waals surface area (Å²) in [6, 6.07) is 0. The van der Waals surface area contributed by atoms with E-state index in [4.69, 9.17) is 37.0 Å². The summed E-state index contributed by atoms with van der Waals surface area (Å²) in [6.07, 6.45) is 59.0.